The number of nitrogens with zero attached hydrogens (tertiary/aromatic N) is 1. The van der Waals surface area contributed by atoms with Crippen molar-refractivity contribution in [3.8, 4) is 11.5 Å². The summed E-state index contributed by atoms with van der Waals surface area (Å²) in [5.74, 6) is 3.28. The Balaban J connectivity index is 1.82. The lowest BCUT2D eigenvalue weighted by Gasteiger charge is -2.15. The summed E-state index contributed by atoms with van der Waals surface area (Å²) >= 11 is 0. The van der Waals surface area contributed by atoms with E-state index in [0.29, 0.717) is 12.6 Å². The molecule has 1 fully saturated rings. The first kappa shape index (κ1) is 16.5. The summed E-state index contributed by atoms with van der Waals surface area (Å²) in [4.78, 5) is 4.60. The molecule has 5 heteroatoms. The van der Waals surface area contributed by atoms with Gasteiger partial charge in [-0.2, -0.15) is 0 Å². The van der Waals surface area contributed by atoms with E-state index in [1.54, 1.807) is 7.11 Å². The molecule has 1 aromatic carbocycles. The van der Waals surface area contributed by atoms with Crippen molar-refractivity contribution in [3.05, 3.63) is 24.3 Å². The van der Waals surface area contributed by atoms with Crippen LogP contribution in [0.4, 0.5) is 0 Å². The Morgan fingerprint density at radius 3 is 2.50 bits per heavy atom. The molecule has 0 saturated heterocycles. The fourth-order valence-electron chi connectivity index (χ4n) is 2.16. The molecule has 1 saturated carbocycles. The lowest BCUT2D eigenvalue weighted by Crippen LogP contribution is -2.39. The molecule has 1 aliphatic rings. The first-order chi connectivity index (χ1) is 10.6. The van der Waals surface area contributed by atoms with Crippen LogP contribution < -0.4 is 20.1 Å². The van der Waals surface area contributed by atoms with Crippen LogP contribution >= 0.6 is 0 Å². The number of guanidine groups is 1. The number of ether oxygens (including phenoxy) is 2. The molecule has 1 aromatic rings. The summed E-state index contributed by atoms with van der Waals surface area (Å²) in [6.45, 7) is 7.82. The summed E-state index contributed by atoms with van der Waals surface area (Å²) < 4.78 is 11.0. The number of methoxy groups -OCH3 is 1. The van der Waals surface area contributed by atoms with Gasteiger partial charge in [-0.1, -0.05) is 6.92 Å². The first-order valence-corrected chi connectivity index (χ1v) is 7.98. The van der Waals surface area contributed by atoms with Gasteiger partial charge in [0.15, 0.2) is 5.96 Å². The largest absolute Gasteiger partial charge is 0.497 e. The third kappa shape index (κ3) is 5.13. The molecular formula is C17H27N3O2. The number of hydrogen-bond acceptors (Lipinski definition) is 3. The van der Waals surface area contributed by atoms with Gasteiger partial charge in [-0.15, -0.1) is 0 Å². The lowest BCUT2D eigenvalue weighted by atomic mass is 10.3. The molecule has 5 nitrogen and oxygen atoms in total. The predicted octanol–water partition coefficient (Wildman–Crippen LogP) is 2.43. The molecule has 1 aliphatic carbocycles. The molecule has 0 aliphatic heterocycles. The molecule has 0 aromatic heterocycles. The highest BCUT2D eigenvalue weighted by molar-refractivity contribution is 5.80. The summed E-state index contributed by atoms with van der Waals surface area (Å²) in [6, 6.07) is 8.18. The molecule has 3 atom stereocenters. The first-order valence-electron chi connectivity index (χ1n) is 7.98. The monoisotopic (exact) mass is 305 g/mol. The van der Waals surface area contributed by atoms with Gasteiger partial charge in [0.2, 0.25) is 0 Å². The summed E-state index contributed by atoms with van der Waals surface area (Å²) in [5.41, 5.74) is 0. The van der Waals surface area contributed by atoms with E-state index < -0.39 is 0 Å². The summed E-state index contributed by atoms with van der Waals surface area (Å²) in [7, 11) is 1.66. The van der Waals surface area contributed by atoms with Crippen LogP contribution in [-0.2, 0) is 0 Å². The van der Waals surface area contributed by atoms with E-state index in [1.165, 1.54) is 6.42 Å². The van der Waals surface area contributed by atoms with Crippen molar-refractivity contribution in [2.45, 2.75) is 39.3 Å². The van der Waals surface area contributed by atoms with Crippen LogP contribution in [0.15, 0.2) is 29.3 Å². The van der Waals surface area contributed by atoms with Crippen molar-refractivity contribution < 1.29 is 9.47 Å². The summed E-state index contributed by atoms with van der Waals surface area (Å²) in [6.07, 6.45) is 1.24. The summed E-state index contributed by atoms with van der Waals surface area (Å²) in [5, 5.41) is 6.72. The van der Waals surface area contributed by atoms with E-state index in [1.807, 2.05) is 31.2 Å². The van der Waals surface area contributed by atoms with Gasteiger partial charge in [-0.05, 0) is 50.5 Å². The van der Waals surface area contributed by atoms with Crippen LogP contribution in [0, 0.1) is 5.92 Å². The Kier molecular flexibility index (Phi) is 5.92. The highest BCUT2D eigenvalue weighted by atomic mass is 16.5. The Morgan fingerprint density at radius 2 is 1.95 bits per heavy atom. The zero-order valence-electron chi connectivity index (χ0n) is 13.9. The second-order valence-electron chi connectivity index (χ2n) is 5.79. The quantitative estimate of drug-likeness (QED) is 0.600. The van der Waals surface area contributed by atoms with E-state index in [0.717, 1.165) is 29.9 Å². The molecule has 22 heavy (non-hydrogen) atoms. The fraction of sp³-hybridized carbons (Fsp3) is 0.588. The minimum Gasteiger partial charge on any atom is -0.497 e. The van der Waals surface area contributed by atoms with Gasteiger partial charge in [0.1, 0.15) is 17.6 Å². The van der Waals surface area contributed by atoms with Crippen LogP contribution in [0.25, 0.3) is 0 Å². The van der Waals surface area contributed by atoms with E-state index in [4.69, 9.17) is 9.47 Å². The van der Waals surface area contributed by atoms with Crippen LogP contribution in [-0.4, -0.2) is 38.3 Å². The number of aliphatic imine (C=N–C) groups is 1. The van der Waals surface area contributed by atoms with E-state index in [2.05, 4.69) is 29.5 Å². The van der Waals surface area contributed by atoms with E-state index in [9.17, 15) is 0 Å². The number of hydrogen-bond donors (Lipinski definition) is 2. The molecule has 0 spiro atoms. The second kappa shape index (κ2) is 7.92. The lowest BCUT2D eigenvalue weighted by molar-refractivity contribution is 0.230. The second-order valence-corrected chi connectivity index (χ2v) is 5.79. The Hall–Kier alpha value is -1.91. The maximum absolute atomic E-state index is 5.87. The van der Waals surface area contributed by atoms with Crippen molar-refractivity contribution in [1.29, 1.82) is 0 Å². The van der Waals surface area contributed by atoms with Gasteiger partial charge in [0.05, 0.1) is 13.7 Å². The van der Waals surface area contributed by atoms with Crippen LogP contribution in [0.3, 0.4) is 0 Å². The van der Waals surface area contributed by atoms with Crippen molar-refractivity contribution in [1.82, 2.24) is 10.6 Å². The SMILES string of the molecule is CCNC(=NCC(C)Oc1ccc(OC)cc1)NC1CC1C. The average Bonchev–Trinajstić information content (AvgIpc) is 3.21. The maximum atomic E-state index is 5.87. The van der Waals surface area contributed by atoms with Crippen LogP contribution in [0.5, 0.6) is 11.5 Å². The topological polar surface area (TPSA) is 54.9 Å². The standard InChI is InChI=1S/C17H27N3O2/c1-5-18-17(20-16-10-12(16)2)19-11-13(3)22-15-8-6-14(21-4)7-9-15/h6-9,12-13,16H,5,10-11H2,1-4H3,(H2,18,19,20). The van der Waals surface area contributed by atoms with Crippen molar-refractivity contribution in [2.75, 3.05) is 20.2 Å². The van der Waals surface area contributed by atoms with Crippen molar-refractivity contribution in [3.63, 3.8) is 0 Å². The molecule has 3 unspecified atom stereocenters. The van der Waals surface area contributed by atoms with Gasteiger partial charge in [-0.3, -0.25) is 0 Å². The van der Waals surface area contributed by atoms with Gasteiger partial charge < -0.3 is 20.1 Å². The normalized spacial score (nSPS) is 21.9. The van der Waals surface area contributed by atoms with Gasteiger partial charge in [-0.25, -0.2) is 4.99 Å². The molecule has 0 amide bonds. The molecule has 0 heterocycles. The van der Waals surface area contributed by atoms with Gasteiger partial charge in [0, 0.05) is 12.6 Å². The van der Waals surface area contributed by atoms with Gasteiger partial charge >= 0.3 is 0 Å². The minimum atomic E-state index is 0.0143. The smallest absolute Gasteiger partial charge is 0.191 e. The Bertz CT molecular complexity index is 487. The fourth-order valence-corrected chi connectivity index (χ4v) is 2.16. The van der Waals surface area contributed by atoms with Crippen LogP contribution in [0.1, 0.15) is 27.2 Å². The molecule has 0 bridgehead atoms. The highest BCUT2D eigenvalue weighted by Crippen LogP contribution is 2.28. The van der Waals surface area contributed by atoms with Crippen LogP contribution in [0.2, 0.25) is 0 Å². The zero-order valence-corrected chi connectivity index (χ0v) is 13.9. The van der Waals surface area contributed by atoms with Crippen molar-refractivity contribution in [2.24, 2.45) is 10.9 Å². The highest BCUT2D eigenvalue weighted by Gasteiger charge is 2.33. The predicted molar refractivity (Wildman–Crippen MR) is 89.8 cm³/mol. The minimum absolute atomic E-state index is 0.0143. The molecule has 122 valence electrons. The van der Waals surface area contributed by atoms with Crippen molar-refractivity contribution >= 4 is 5.96 Å². The number of benzene rings is 1. The molecule has 0 radical (unpaired) electrons. The number of rotatable bonds is 7. The molecule has 2 N–H and O–H groups in total. The average molecular weight is 305 g/mol. The maximum Gasteiger partial charge on any atom is 0.191 e. The van der Waals surface area contributed by atoms with E-state index in [-0.39, 0.29) is 6.10 Å². The van der Waals surface area contributed by atoms with Gasteiger partial charge in [0.25, 0.3) is 0 Å². The zero-order chi connectivity index (χ0) is 15.9. The molecular weight excluding hydrogens is 278 g/mol. The third-order valence-corrected chi connectivity index (χ3v) is 3.68. The Labute approximate surface area is 133 Å². The third-order valence-electron chi connectivity index (χ3n) is 3.68. The molecule has 2 rings (SSSR count). The number of nitrogens with one attached hydrogen (secondary N) is 2. The Morgan fingerprint density at radius 1 is 1.32 bits per heavy atom. The van der Waals surface area contributed by atoms with E-state index >= 15 is 0 Å².